The Kier molecular flexibility index (Phi) is 4.28. The van der Waals surface area contributed by atoms with Crippen molar-refractivity contribution in [1.82, 2.24) is 9.55 Å². The molecule has 0 aliphatic rings. The summed E-state index contributed by atoms with van der Waals surface area (Å²) in [6.45, 7) is 2.58. The average molecular weight is 309 g/mol. The smallest absolute Gasteiger partial charge is 0.227 e. The SMILES string of the molecule is COc1ccc2c(ccn2CCC(=O)Nc2ccc(C)cn2)c1. The van der Waals surface area contributed by atoms with E-state index in [9.17, 15) is 4.79 Å². The van der Waals surface area contributed by atoms with E-state index in [4.69, 9.17) is 4.74 Å². The lowest BCUT2D eigenvalue weighted by Gasteiger charge is -2.07. The number of nitrogens with zero attached hydrogens (tertiary/aromatic N) is 2. The minimum Gasteiger partial charge on any atom is -0.497 e. The highest BCUT2D eigenvalue weighted by Crippen LogP contribution is 2.22. The van der Waals surface area contributed by atoms with Crippen LogP contribution in [0.1, 0.15) is 12.0 Å². The van der Waals surface area contributed by atoms with E-state index >= 15 is 0 Å². The lowest BCUT2D eigenvalue weighted by atomic mass is 10.2. The maximum atomic E-state index is 12.0. The number of rotatable bonds is 5. The molecular weight excluding hydrogens is 290 g/mol. The number of aromatic nitrogens is 2. The lowest BCUT2D eigenvalue weighted by Crippen LogP contribution is -2.15. The Morgan fingerprint density at radius 3 is 2.87 bits per heavy atom. The van der Waals surface area contributed by atoms with E-state index in [-0.39, 0.29) is 5.91 Å². The Morgan fingerprint density at radius 2 is 2.13 bits per heavy atom. The van der Waals surface area contributed by atoms with E-state index < -0.39 is 0 Å². The number of aryl methyl sites for hydroxylation is 2. The molecule has 0 unspecified atom stereocenters. The molecule has 23 heavy (non-hydrogen) atoms. The molecule has 2 aromatic heterocycles. The van der Waals surface area contributed by atoms with Crippen LogP contribution in [0.15, 0.2) is 48.8 Å². The van der Waals surface area contributed by atoms with Gasteiger partial charge >= 0.3 is 0 Å². The molecule has 0 aliphatic heterocycles. The van der Waals surface area contributed by atoms with Crippen LogP contribution < -0.4 is 10.1 Å². The largest absolute Gasteiger partial charge is 0.497 e. The first-order chi connectivity index (χ1) is 11.2. The summed E-state index contributed by atoms with van der Waals surface area (Å²) in [5.41, 5.74) is 2.16. The summed E-state index contributed by atoms with van der Waals surface area (Å²) in [5.74, 6) is 1.37. The summed E-state index contributed by atoms with van der Waals surface area (Å²) in [6, 6.07) is 11.7. The van der Waals surface area contributed by atoms with Gasteiger partial charge in [0.2, 0.25) is 5.91 Å². The van der Waals surface area contributed by atoms with Crippen molar-refractivity contribution >= 4 is 22.6 Å². The second-order valence-corrected chi connectivity index (χ2v) is 5.45. The quantitative estimate of drug-likeness (QED) is 0.786. The number of hydrogen-bond acceptors (Lipinski definition) is 3. The summed E-state index contributed by atoms with van der Waals surface area (Å²) in [4.78, 5) is 16.2. The van der Waals surface area contributed by atoms with Crippen molar-refractivity contribution in [2.75, 3.05) is 12.4 Å². The van der Waals surface area contributed by atoms with Gasteiger partial charge in [0.25, 0.3) is 0 Å². The molecule has 0 radical (unpaired) electrons. The van der Waals surface area contributed by atoms with Crippen LogP contribution in [-0.2, 0) is 11.3 Å². The van der Waals surface area contributed by atoms with Crippen LogP contribution in [0.4, 0.5) is 5.82 Å². The molecule has 1 amide bonds. The Hall–Kier alpha value is -2.82. The summed E-state index contributed by atoms with van der Waals surface area (Å²) in [5, 5.41) is 3.92. The van der Waals surface area contributed by atoms with Gasteiger partial charge in [-0.2, -0.15) is 0 Å². The third-order valence-corrected chi connectivity index (χ3v) is 3.74. The number of anilines is 1. The lowest BCUT2D eigenvalue weighted by molar-refractivity contribution is -0.116. The van der Waals surface area contributed by atoms with E-state index in [1.807, 2.05) is 49.5 Å². The van der Waals surface area contributed by atoms with Crippen LogP contribution in [0, 0.1) is 6.92 Å². The highest BCUT2D eigenvalue weighted by Gasteiger charge is 2.06. The van der Waals surface area contributed by atoms with Crippen molar-refractivity contribution in [3.05, 3.63) is 54.4 Å². The number of methoxy groups -OCH3 is 1. The summed E-state index contributed by atoms with van der Waals surface area (Å²) >= 11 is 0. The zero-order valence-electron chi connectivity index (χ0n) is 13.2. The molecule has 0 spiro atoms. The first-order valence-electron chi connectivity index (χ1n) is 7.51. The van der Waals surface area contributed by atoms with E-state index in [1.165, 1.54) is 0 Å². The maximum absolute atomic E-state index is 12.0. The predicted octanol–water partition coefficient (Wildman–Crippen LogP) is 3.38. The van der Waals surface area contributed by atoms with Crippen molar-refractivity contribution < 1.29 is 9.53 Å². The molecule has 5 nitrogen and oxygen atoms in total. The second-order valence-electron chi connectivity index (χ2n) is 5.45. The number of fused-ring (bicyclic) bond motifs is 1. The van der Waals surface area contributed by atoms with Gasteiger partial charge in [-0.05, 0) is 42.8 Å². The molecule has 2 heterocycles. The Bertz CT molecular complexity index is 822. The molecule has 0 saturated carbocycles. The summed E-state index contributed by atoms with van der Waals surface area (Å²) in [7, 11) is 1.65. The van der Waals surface area contributed by atoms with Gasteiger partial charge in [-0.1, -0.05) is 6.07 Å². The molecule has 1 aromatic carbocycles. The molecule has 118 valence electrons. The Labute approximate surface area is 134 Å². The molecule has 0 aliphatic carbocycles. The maximum Gasteiger partial charge on any atom is 0.227 e. The number of carbonyl (C=O) groups excluding carboxylic acids is 1. The number of ether oxygens (including phenoxy) is 1. The summed E-state index contributed by atoms with van der Waals surface area (Å²) < 4.78 is 7.29. The third kappa shape index (κ3) is 3.51. The second kappa shape index (κ2) is 6.52. The van der Waals surface area contributed by atoms with Crippen molar-refractivity contribution in [2.45, 2.75) is 19.9 Å². The van der Waals surface area contributed by atoms with Crippen LogP contribution >= 0.6 is 0 Å². The molecule has 3 rings (SSSR count). The van der Waals surface area contributed by atoms with E-state index in [1.54, 1.807) is 13.3 Å². The van der Waals surface area contributed by atoms with Crippen LogP contribution in [-0.4, -0.2) is 22.6 Å². The van der Waals surface area contributed by atoms with Crippen molar-refractivity contribution in [3.8, 4) is 5.75 Å². The number of benzene rings is 1. The first-order valence-corrected chi connectivity index (χ1v) is 7.51. The number of carbonyl (C=O) groups is 1. The van der Waals surface area contributed by atoms with Gasteiger partial charge in [0, 0.05) is 36.3 Å². The minimum atomic E-state index is -0.0447. The van der Waals surface area contributed by atoms with Crippen LogP contribution in [0.5, 0.6) is 5.75 Å². The van der Waals surface area contributed by atoms with Crippen LogP contribution in [0.2, 0.25) is 0 Å². The summed E-state index contributed by atoms with van der Waals surface area (Å²) in [6.07, 6.45) is 4.12. The zero-order chi connectivity index (χ0) is 16.2. The number of hydrogen-bond donors (Lipinski definition) is 1. The molecular formula is C18H19N3O2. The van der Waals surface area contributed by atoms with Gasteiger partial charge in [0.1, 0.15) is 11.6 Å². The molecule has 0 fully saturated rings. The molecule has 5 heteroatoms. The highest BCUT2D eigenvalue weighted by molar-refractivity contribution is 5.90. The fourth-order valence-electron chi connectivity index (χ4n) is 2.47. The van der Waals surface area contributed by atoms with E-state index in [0.29, 0.717) is 18.8 Å². The third-order valence-electron chi connectivity index (χ3n) is 3.74. The average Bonchev–Trinajstić information content (AvgIpc) is 2.97. The van der Waals surface area contributed by atoms with Gasteiger partial charge in [-0.25, -0.2) is 4.98 Å². The monoisotopic (exact) mass is 309 g/mol. The highest BCUT2D eigenvalue weighted by atomic mass is 16.5. The van der Waals surface area contributed by atoms with Crippen molar-refractivity contribution in [1.29, 1.82) is 0 Å². The number of nitrogens with one attached hydrogen (secondary N) is 1. The molecule has 0 atom stereocenters. The molecule has 1 N–H and O–H groups in total. The molecule has 3 aromatic rings. The van der Waals surface area contributed by atoms with Crippen molar-refractivity contribution in [3.63, 3.8) is 0 Å². The van der Waals surface area contributed by atoms with Gasteiger partial charge in [-0.3, -0.25) is 4.79 Å². The van der Waals surface area contributed by atoms with Gasteiger partial charge < -0.3 is 14.6 Å². The van der Waals surface area contributed by atoms with Gasteiger partial charge in [0.05, 0.1) is 7.11 Å². The zero-order valence-corrected chi connectivity index (χ0v) is 13.2. The Balaban J connectivity index is 1.63. The van der Waals surface area contributed by atoms with Gasteiger partial charge in [-0.15, -0.1) is 0 Å². The molecule has 0 saturated heterocycles. The standard InChI is InChI=1S/C18H19N3O2/c1-13-3-6-17(19-12-13)20-18(22)8-10-21-9-7-14-11-15(23-2)4-5-16(14)21/h3-7,9,11-12H,8,10H2,1-2H3,(H,19,20,22). The number of pyridine rings is 1. The predicted molar refractivity (Wildman–Crippen MR) is 90.7 cm³/mol. The van der Waals surface area contributed by atoms with Crippen LogP contribution in [0.3, 0.4) is 0 Å². The molecule has 0 bridgehead atoms. The fraction of sp³-hybridized carbons (Fsp3) is 0.222. The van der Waals surface area contributed by atoms with Crippen molar-refractivity contribution in [2.24, 2.45) is 0 Å². The topological polar surface area (TPSA) is 56.1 Å². The van der Waals surface area contributed by atoms with E-state index in [2.05, 4.69) is 14.9 Å². The van der Waals surface area contributed by atoms with E-state index in [0.717, 1.165) is 22.2 Å². The van der Waals surface area contributed by atoms with Crippen LogP contribution in [0.25, 0.3) is 10.9 Å². The fourth-order valence-corrected chi connectivity index (χ4v) is 2.47. The first kappa shape index (κ1) is 15.1. The number of amides is 1. The Morgan fingerprint density at radius 1 is 1.26 bits per heavy atom. The normalized spacial score (nSPS) is 10.7. The van der Waals surface area contributed by atoms with Gasteiger partial charge in [0.15, 0.2) is 0 Å². The minimum absolute atomic E-state index is 0.0447.